The first-order chi connectivity index (χ1) is 5.54. The summed E-state index contributed by atoms with van der Waals surface area (Å²) in [4.78, 5) is 10.7. The Morgan fingerprint density at radius 1 is 1.58 bits per heavy atom. The Labute approximate surface area is 74.1 Å². The summed E-state index contributed by atoms with van der Waals surface area (Å²) in [5, 5.41) is -0.0885. The van der Waals surface area contributed by atoms with Gasteiger partial charge >= 0.3 is 0 Å². The van der Waals surface area contributed by atoms with Crippen LogP contribution in [0.5, 0.6) is 0 Å². The minimum Gasteiger partial charge on any atom is -0.365 e. The van der Waals surface area contributed by atoms with Crippen molar-refractivity contribution in [2.24, 2.45) is 5.73 Å². The molecule has 1 aromatic carbocycles. The lowest BCUT2D eigenvalue weighted by Gasteiger charge is -2.03. The van der Waals surface area contributed by atoms with E-state index < -0.39 is 11.7 Å². The molecule has 2 nitrogen and oxygen atoms in total. The van der Waals surface area contributed by atoms with Gasteiger partial charge in [0.05, 0.1) is 10.6 Å². The molecule has 0 aliphatic rings. The number of aryl methyl sites for hydroxylation is 1. The Morgan fingerprint density at radius 2 is 2.17 bits per heavy atom. The van der Waals surface area contributed by atoms with Gasteiger partial charge in [0.15, 0.2) is 5.82 Å². The van der Waals surface area contributed by atoms with Crippen LogP contribution in [0.3, 0.4) is 0 Å². The molecule has 0 fully saturated rings. The van der Waals surface area contributed by atoms with Crippen LogP contribution in [0.15, 0.2) is 12.1 Å². The number of amides is 1. The van der Waals surface area contributed by atoms with Crippen LogP contribution in [-0.2, 0) is 0 Å². The molecular formula is C8H7ClFNO. The Kier molecular flexibility index (Phi) is 2.33. The first-order valence-electron chi connectivity index (χ1n) is 3.28. The van der Waals surface area contributed by atoms with Crippen molar-refractivity contribution in [1.82, 2.24) is 0 Å². The topological polar surface area (TPSA) is 43.1 Å². The van der Waals surface area contributed by atoms with Crippen LogP contribution in [-0.4, -0.2) is 5.91 Å². The predicted molar refractivity (Wildman–Crippen MR) is 44.7 cm³/mol. The zero-order chi connectivity index (χ0) is 9.30. The lowest BCUT2D eigenvalue weighted by Crippen LogP contribution is -2.15. The largest absolute Gasteiger partial charge is 0.365 e. The van der Waals surface area contributed by atoms with E-state index in [1.807, 2.05) is 0 Å². The van der Waals surface area contributed by atoms with Gasteiger partial charge in [0.2, 0.25) is 0 Å². The Bertz CT molecular complexity index is 338. The van der Waals surface area contributed by atoms with E-state index in [9.17, 15) is 9.18 Å². The molecule has 0 saturated carbocycles. The summed E-state index contributed by atoms with van der Waals surface area (Å²) < 4.78 is 13.1. The summed E-state index contributed by atoms with van der Waals surface area (Å²) in [5.41, 5.74) is 5.30. The SMILES string of the molecule is Cc1ccc(Cl)c(F)c1C(N)=O. The maximum atomic E-state index is 13.1. The molecule has 0 aliphatic heterocycles. The van der Waals surface area contributed by atoms with Crippen LogP contribution in [0.1, 0.15) is 15.9 Å². The summed E-state index contributed by atoms with van der Waals surface area (Å²) in [6.07, 6.45) is 0. The van der Waals surface area contributed by atoms with Gasteiger partial charge in [0.25, 0.3) is 5.91 Å². The van der Waals surface area contributed by atoms with Crippen LogP contribution in [0.4, 0.5) is 4.39 Å². The van der Waals surface area contributed by atoms with Crippen molar-refractivity contribution in [2.45, 2.75) is 6.92 Å². The van der Waals surface area contributed by atoms with Gasteiger partial charge in [-0.3, -0.25) is 4.79 Å². The highest BCUT2D eigenvalue weighted by Crippen LogP contribution is 2.20. The number of carbonyl (C=O) groups excluding carboxylic acids is 1. The fourth-order valence-electron chi connectivity index (χ4n) is 0.950. The Hall–Kier alpha value is -1.09. The van der Waals surface area contributed by atoms with E-state index in [1.54, 1.807) is 13.0 Å². The first-order valence-corrected chi connectivity index (χ1v) is 3.66. The number of primary amides is 1. The second-order valence-corrected chi connectivity index (χ2v) is 2.82. The molecule has 12 heavy (non-hydrogen) atoms. The molecule has 0 atom stereocenters. The van der Waals surface area contributed by atoms with E-state index in [0.717, 1.165) is 0 Å². The molecular weight excluding hydrogens is 181 g/mol. The number of carbonyl (C=O) groups is 1. The highest BCUT2D eigenvalue weighted by atomic mass is 35.5. The second-order valence-electron chi connectivity index (χ2n) is 2.42. The predicted octanol–water partition coefficient (Wildman–Crippen LogP) is 1.89. The van der Waals surface area contributed by atoms with Gasteiger partial charge < -0.3 is 5.73 Å². The number of nitrogens with two attached hydrogens (primary N) is 1. The van der Waals surface area contributed by atoms with E-state index >= 15 is 0 Å². The first kappa shape index (κ1) is 9.00. The van der Waals surface area contributed by atoms with E-state index in [4.69, 9.17) is 17.3 Å². The van der Waals surface area contributed by atoms with Crippen molar-refractivity contribution in [3.05, 3.63) is 34.1 Å². The maximum absolute atomic E-state index is 13.1. The van der Waals surface area contributed by atoms with Gasteiger partial charge in [-0.1, -0.05) is 17.7 Å². The van der Waals surface area contributed by atoms with Crippen molar-refractivity contribution in [2.75, 3.05) is 0 Å². The third-order valence-electron chi connectivity index (χ3n) is 1.55. The van der Waals surface area contributed by atoms with Crippen molar-refractivity contribution in [1.29, 1.82) is 0 Å². The second kappa shape index (κ2) is 3.11. The van der Waals surface area contributed by atoms with Gasteiger partial charge in [0.1, 0.15) is 0 Å². The minimum absolute atomic E-state index is 0.0885. The molecule has 0 aliphatic carbocycles. The number of benzene rings is 1. The lowest BCUT2D eigenvalue weighted by molar-refractivity contribution is 0.0996. The molecule has 0 heterocycles. The average Bonchev–Trinajstić information content (AvgIpc) is 1.97. The monoisotopic (exact) mass is 187 g/mol. The average molecular weight is 188 g/mol. The lowest BCUT2D eigenvalue weighted by atomic mass is 10.1. The number of rotatable bonds is 1. The quantitative estimate of drug-likeness (QED) is 0.717. The summed E-state index contributed by atoms with van der Waals surface area (Å²) >= 11 is 5.45. The van der Waals surface area contributed by atoms with Crippen LogP contribution in [0, 0.1) is 12.7 Å². The van der Waals surface area contributed by atoms with Gasteiger partial charge in [-0.05, 0) is 18.6 Å². The maximum Gasteiger partial charge on any atom is 0.252 e. The normalized spacial score (nSPS) is 9.92. The highest BCUT2D eigenvalue weighted by molar-refractivity contribution is 6.31. The van der Waals surface area contributed by atoms with Crippen LogP contribution in [0.2, 0.25) is 5.02 Å². The standard InChI is InChI=1S/C8H7ClFNO/c1-4-2-3-5(9)7(10)6(4)8(11)12/h2-3H,1H3,(H2,11,12). The van der Waals surface area contributed by atoms with Crippen molar-refractivity contribution >= 4 is 17.5 Å². The van der Waals surface area contributed by atoms with E-state index in [-0.39, 0.29) is 10.6 Å². The van der Waals surface area contributed by atoms with Crippen molar-refractivity contribution in [3.8, 4) is 0 Å². The molecule has 2 N–H and O–H groups in total. The smallest absolute Gasteiger partial charge is 0.252 e. The molecule has 4 heteroatoms. The molecule has 0 unspecified atom stereocenters. The summed E-state index contributed by atoms with van der Waals surface area (Å²) in [5.74, 6) is -1.54. The number of hydrogen-bond acceptors (Lipinski definition) is 1. The van der Waals surface area contributed by atoms with Gasteiger partial charge in [0, 0.05) is 0 Å². The molecule has 64 valence electrons. The number of halogens is 2. The molecule has 1 aromatic rings. The highest BCUT2D eigenvalue weighted by Gasteiger charge is 2.13. The molecule has 0 radical (unpaired) electrons. The molecule has 1 rings (SSSR count). The van der Waals surface area contributed by atoms with Gasteiger partial charge in [-0.25, -0.2) is 4.39 Å². The summed E-state index contributed by atoms with van der Waals surface area (Å²) in [6.45, 7) is 1.60. The van der Waals surface area contributed by atoms with Crippen molar-refractivity contribution in [3.63, 3.8) is 0 Å². The van der Waals surface area contributed by atoms with Gasteiger partial charge in [-0.15, -0.1) is 0 Å². The van der Waals surface area contributed by atoms with Gasteiger partial charge in [-0.2, -0.15) is 0 Å². The molecule has 1 amide bonds. The molecule has 0 spiro atoms. The van der Waals surface area contributed by atoms with Crippen LogP contribution >= 0.6 is 11.6 Å². The molecule has 0 saturated heterocycles. The van der Waals surface area contributed by atoms with E-state index in [0.29, 0.717) is 5.56 Å². The third-order valence-corrected chi connectivity index (χ3v) is 1.84. The van der Waals surface area contributed by atoms with E-state index in [1.165, 1.54) is 6.07 Å². The Balaban J connectivity index is 3.43. The summed E-state index contributed by atoms with van der Waals surface area (Å²) in [7, 11) is 0. The molecule has 0 aromatic heterocycles. The Morgan fingerprint density at radius 3 is 2.58 bits per heavy atom. The van der Waals surface area contributed by atoms with Crippen LogP contribution < -0.4 is 5.73 Å². The zero-order valence-electron chi connectivity index (χ0n) is 6.40. The summed E-state index contributed by atoms with van der Waals surface area (Å²) in [6, 6.07) is 2.93. The fourth-order valence-corrected chi connectivity index (χ4v) is 1.11. The van der Waals surface area contributed by atoms with Crippen molar-refractivity contribution < 1.29 is 9.18 Å². The fraction of sp³-hybridized carbons (Fsp3) is 0.125. The van der Waals surface area contributed by atoms with E-state index in [2.05, 4.69) is 0 Å². The third kappa shape index (κ3) is 1.41. The molecule has 0 bridgehead atoms. The minimum atomic E-state index is -0.799. The van der Waals surface area contributed by atoms with Crippen LogP contribution in [0.25, 0.3) is 0 Å². The number of hydrogen-bond donors (Lipinski definition) is 1. The zero-order valence-corrected chi connectivity index (χ0v) is 7.15.